The van der Waals surface area contributed by atoms with Crippen molar-refractivity contribution < 1.29 is 34.7 Å². The molecule has 200 valence electrons. The van der Waals surface area contributed by atoms with Crippen LogP contribution in [0.25, 0.3) is 11.1 Å². The molecule has 4 aromatic rings. The van der Waals surface area contributed by atoms with Crippen LogP contribution in [0.4, 0.5) is 24.5 Å². The van der Waals surface area contributed by atoms with Crippen LogP contribution in [-0.2, 0) is 20.0 Å². The Morgan fingerprint density at radius 2 is 1.45 bits per heavy atom. The molecule has 1 aromatic heterocycles. The van der Waals surface area contributed by atoms with Gasteiger partial charge >= 0.3 is 6.36 Å². The molecule has 0 fully saturated rings. The Kier molecular flexibility index (Phi) is 8.00. The summed E-state index contributed by atoms with van der Waals surface area (Å²) in [6.45, 7) is 0. The lowest BCUT2D eigenvalue weighted by atomic mass is 10.0. The molecule has 0 aliphatic carbocycles. The van der Waals surface area contributed by atoms with Gasteiger partial charge < -0.3 is 4.74 Å². The van der Waals surface area contributed by atoms with E-state index in [9.17, 15) is 30.0 Å². The fraction of sp³-hybridized carbons (Fsp3) is 0.0435. The van der Waals surface area contributed by atoms with Crippen LogP contribution in [-0.4, -0.2) is 23.2 Å². The van der Waals surface area contributed by atoms with Gasteiger partial charge in [0.05, 0.1) is 20.6 Å². The summed E-state index contributed by atoms with van der Waals surface area (Å²) >= 11 is 10.1. The molecule has 0 spiro atoms. The first-order chi connectivity index (χ1) is 17.7. The van der Waals surface area contributed by atoms with Gasteiger partial charge in [-0.15, -0.1) is 24.5 Å². The summed E-state index contributed by atoms with van der Waals surface area (Å²) < 4.78 is 98.7. The number of ether oxygens (including phenoxy) is 1. The molecule has 0 aliphatic rings. The van der Waals surface area contributed by atoms with Crippen molar-refractivity contribution in [1.82, 2.24) is 0 Å². The van der Waals surface area contributed by atoms with Gasteiger partial charge in [0.2, 0.25) is 0 Å². The quantitative estimate of drug-likeness (QED) is 0.205. The van der Waals surface area contributed by atoms with E-state index in [1.54, 1.807) is 30.3 Å². The summed E-state index contributed by atoms with van der Waals surface area (Å²) in [4.78, 5) is -0.373. The van der Waals surface area contributed by atoms with Crippen molar-refractivity contribution in [3.05, 3.63) is 87.7 Å². The van der Waals surface area contributed by atoms with Crippen LogP contribution in [0, 0.1) is 0 Å². The normalized spacial score (nSPS) is 12.2. The second kappa shape index (κ2) is 10.8. The van der Waals surface area contributed by atoms with Crippen molar-refractivity contribution in [3.8, 4) is 16.9 Å². The van der Waals surface area contributed by atoms with Crippen LogP contribution >= 0.6 is 38.9 Å². The zero-order chi connectivity index (χ0) is 27.7. The van der Waals surface area contributed by atoms with Gasteiger partial charge in [0, 0.05) is 4.47 Å². The fourth-order valence-corrected chi connectivity index (χ4v) is 7.26. The minimum Gasteiger partial charge on any atom is -0.406 e. The fourth-order valence-electron chi connectivity index (χ4n) is 3.23. The molecular formula is C23H15BrClF3N2O5S3. The predicted octanol–water partition coefficient (Wildman–Crippen LogP) is 7.33. The minimum absolute atomic E-state index is 0.0902. The lowest BCUT2D eigenvalue weighted by Gasteiger charge is -2.16. The van der Waals surface area contributed by atoms with E-state index in [0.717, 1.165) is 40.1 Å². The highest BCUT2D eigenvalue weighted by molar-refractivity contribution is 9.10. The first kappa shape index (κ1) is 28.2. The molecule has 2 N–H and O–H groups in total. The number of thiophene rings is 1. The summed E-state index contributed by atoms with van der Waals surface area (Å²) in [7, 11) is -8.49. The molecule has 15 heteroatoms. The van der Waals surface area contributed by atoms with E-state index in [0.29, 0.717) is 11.1 Å². The van der Waals surface area contributed by atoms with E-state index in [1.807, 2.05) is 0 Å². The monoisotopic (exact) mass is 666 g/mol. The maximum Gasteiger partial charge on any atom is 0.573 e. The Hall–Kier alpha value is -2.78. The van der Waals surface area contributed by atoms with Gasteiger partial charge in [-0.25, -0.2) is 16.8 Å². The molecule has 0 amide bonds. The van der Waals surface area contributed by atoms with Crippen molar-refractivity contribution in [1.29, 1.82) is 0 Å². The molecule has 0 atom stereocenters. The second-order valence-corrected chi connectivity index (χ2v) is 13.8. The Bertz CT molecular complexity index is 1690. The SMILES string of the molecule is O=S(=O)(Nc1ccc(-c2cccc(Br)c2)cc1NS(=O)(=O)c1ccc(Cl)s1)c1ccc(OC(F)(F)F)cc1. The Morgan fingerprint density at radius 1 is 0.789 bits per heavy atom. The minimum atomic E-state index is -4.94. The van der Waals surface area contributed by atoms with Gasteiger partial charge in [0.1, 0.15) is 9.96 Å². The van der Waals surface area contributed by atoms with Crippen LogP contribution in [0.15, 0.2) is 92.4 Å². The summed E-state index contributed by atoms with van der Waals surface area (Å²) in [5, 5.41) is 0. The van der Waals surface area contributed by atoms with Crippen LogP contribution in [0.3, 0.4) is 0 Å². The van der Waals surface area contributed by atoms with Gasteiger partial charge in [-0.3, -0.25) is 9.44 Å². The van der Waals surface area contributed by atoms with Crippen molar-refractivity contribution in [2.24, 2.45) is 0 Å². The molecule has 1 heterocycles. The number of nitrogens with one attached hydrogen (secondary N) is 2. The maximum atomic E-state index is 13.0. The average Bonchev–Trinajstić information content (AvgIpc) is 3.26. The predicted molar refractivity (Wildman–Crippen MR) is 144 cm³/mol. The Balaban J connectivity index is 1.71. The molecule has 0 radical (unpaired) electrons. The smallest absolute Gasteiger partial charge is 0.406 e. The molecule has 0 unspecified atom stereocenters. The molecule has 0 saturated heterocycles. The highest BCUT2D eigenvalue weighted by Gasteiger charge is 2.31. The molecule has 0 aliphatic heterocycles. The number of benzene rings is 3. The van der Waals surface area contributed by atoms with Crippen molar-refractivity contribution in [2.75, 3.05) is 9.44 Å². The van der Waals surface area contributed by atoms with E-state index >= 15 is 0 Å². The van der Waals surface area contributed by atoms with E-state index in [2.05, 4.69) is 30.1 Å². The lowest BCUT2D eigenvalue weighted by molar-refractivity contribution is -0.274. The van der Waals surface area contributed by atoms with E-state index in [-0.39, 0.29) is 24.8 Å². The molecular weight excluding hydrogens is 653 g/mol. The van der Waals surface area contributed by atoms with Gasteiger partial charge in [0.25, 0.3) is 20.0 Å². The topological polar surface area (TPSA) is 102 Å². The number of hydrogen-bond donors (Lipinski definition) is 2. The highest BCUT2D eigenvalue weighted by Crippen LogP contribution is 2.35. The number of sulfonamides is 2. The van der Waals surface area contributed by atoms with E-state index in [1.165, 1.54) is 24.3 Å². The zero-order valence-corrected chi connectivity index (χ0v) is 23.5. The number of rotatable bonds is 8. The highest BCUT2D eigenvalue weighted by atomic mass is 79.9. The molecule has 38 heavy (non-hydrogen) atoms. The number of halogens is 5. The summed E-state index contributed by atoms with van der Waals surface area (Å²) in [5.74, 6) is -0.599. The standard InChI is InChI=1S/C23H15BrClF3N2O5S3/c24-16-3-1-2-14(12-16)15-4-9-19(20(13-15)30-38(33,34)22-11-10-21(25)36-22)29-37(31,32)18-7-5-17(6-8-18)35-23(26,27)28/h1-13,29-30H. The van der Waals surface area contributed by atoms with Gasteiger partial charge in [-0.05, 0) is 71.8 Å². The molecule has 7 nitrogen and oxygen atoms in total. The third-order valence-corrected chi connectivity index (χ3v) is 9.81. The molecule has 0 saturated carbocycles. The van der Waals surface area contributed by atoms with Gasteiger partial charge in [0.15, 0.2) is 0 Å². The zero-order valence-electron chi connectivity index (χ0n) is 18.7. The molecule has 4 rings (SSSR count). The average molecular weight is 668 g/mol. The van der Waals surface area contributed by atoms with Crippen molar-refractivity contribution in [3.63, 3.8) is 0 Å². The maximum absolute atomic E-state index is 13.0. The summed E-state index contributed by atoms with van der Waals surface area (Å²) in [5.41, 5.74) is 1.08. The van der Waals surface area contributed by atoms with Crippen LogP contribution in [0.2, 0.25) is 4.34 Å². The summed E-state index contributed by atoms with van der Waals surface area (Å²) in [6.07, 6.45) is -4.94. The Labute approximate surface area is 233 Å². The van der Waals surface area contributed by atoms with Crippen LogP contribution in [0.1, 0.15) is 0 Å². The van der Waals surface area contributed by atoms with E-state index < -0.39 is 32.2 Å². The third kappa shape index (κ3) is 6.99. The molecule has 0 bridgehead atoms. The van der Waals surface area contributed by atoms with Gasteiger partial charge in [-0.1, -0.05) is 45.7 Å². The van der Waals surface area contributed by atoms with Crippen molar-refractivity contribution >= 4 is 70.3 Å². The second-order valence-electron chi connectivity index (χ2n) is 7.56. The molecule has 3 aromatic carbocycles. The van der Waals surface area contributed by atoms with Gasteiger partial charge in [-0.2, -0.15) is 0 Å². The van der Waals surface area contributed by atoms with E-state index in [4.69, 9.17) is 11.6 Å². The number of anilines is 2. The van der Waals surface area contributed by atoms with Crippen LogP contribution < -0.4 is 14.2 Å². The number of alkyl halides is 3. The number of hydrogen-bond acceptors (Lipinski definition) is 6. The lowest BCUT2D eigenvalue weighted by Crippen LogP contribution is -2.18. The summed E-state index contributed by atoms with van der Waals surface area (Å²) in [6, 6.07) is 17.8. The Morgan fingerprint density at radius 3 is 2.05 bits per heavy atom. The largest absolute Gasteiger partial charge is 0.573 e. The third-order valence-electron chi connectivity index (χ3n) is 4.85. The first-order valence-corrected chi connectivity index (χ1v) is 15.2. The van der Waals surface area contributed by atoms with Crippen molar-refractivity contribution in [2.45, 2.75) is 15.5 Å². The van der Waals surface area contributed by atoms with Crippen LogP contribution in [0.5, 0.6) is 5.75 Å². The first-order valence-electron chi connectivity index (χ1n) is 10.3.